The highest BCUT2D eigenvalue weighted by molar-refractivity contribution is 6.68. The van der Waals surface area contributed by atoms with Gasteiger partial charge in [-0.25, -0.2) is 0 Å². The first-order chi connectivity index (χ1) is 26.0. The first-order valence-electron chi connectivity index (χ1n) is 15.8. The highest BCUT2D eigenvalue weighted by Crippen LogP contribution is 2.25. The number of carbonyl (C=O) groups excluding carboxylic acids is 3. The van der Waals surface area contributed by atoms with E-state index in [1.54, 1.807) is 52.5 Å². The van der Waals surface area contributed by atoms with Crippen LogP contribution in [0.2, 0.25) is 20.1 Å². The smallest absolute Gasteiger partial charge is 0.270 e. The van der Waals surface area contributed by atoms with Crippen molar-refractivity contribution >= 4 is 97.8 Å². The summed E-state index contributed by atoms with van der Waals surface area (Å²) in [5, 5.41) is 23.9. The first kappa shape index (κ1) is 54.4. The summed E-state index contributed by atoms with van der Waals surface area (Å²) < 4.78 is 0. The maximum Gasteiger partial charge on any atom is 0.270 e. The third kappa shape index (κ3) is 19.8. The van der Waals surface area contributed by atoms with Crippen LogP contribution in [0.3, 0.4) is 0 Å². The maximum absolute atomic E-state index is 11.5. The minimum Gasteiger partial charge on any atom is -0.399 e. The second kappa shape index (κ2) is 27.0. The zero-order chi connectivity index (χ0) is 43.4. The van der Waals surface area contributed by atoms with Gasteiger partial charge in [0.05, 0.1) is 41.6 Å². The van der Waals surface area contributed by atoms with Gasteiger partial charge in [0.15, 0.2) is 0 Å². The summed E-state index contributed by atoms with van der Waals surface area (Å²) in [4.78, 5) is 58.1. The molecule has 0 saturated heterocycles. The molecule has 0 aromatic heterocycles. The molecule has 0 heterocycles. The van der Waals surface area contributed by atoms with Crippen LogP contribution < -0.4 is 16.8 Å². The number of halogens is 5. The third-order valence-corrected chi connectivity index (χ3v) is 7.86. The molecule has 0 fully saturated rings. The molecule has 0 aliphatic heterocycles. The minimum atomic E-state index is -0.736. The van der Waals surface area contributed by atoms with Crippen LogP contribution in [0.1, 0.15) is 44.1 Å². The number of nitro benzene ring substituents is 2. The Hall–Kier alpha value is -4.74. The molecular formula is C37H47Cl5N8O7. The molecule has 4 aromatic rings. The van der Waals surface area contributed by atoms with E-state index < -0.39 is 15.1 Å². The number of rotatable bonds is 7. The van der Waals surface area contributed by atoms with Gasteiger partial charge < -0.3 is 31.5 Å². The van der Waals surface area contributed by atoms with E-state index in [0.717, 1.165) is 29.3 Å². The van der Waals surface area contributed by atoms with Gasteiger partial charge in [-0.1, -0.05) is 59.9 Å². The number of carbonyl (C=O) groups is 3. The quantitative estimate of drug-likeness (QED) is 0.0691. The van der Waals surface area contributed by atoms with Crippen molar-refractivity contribution < 1.29 is 24.2 Å². The molecule has 0 atom stereocenters. The van der Waals surface area contributed by atoms with Crippen molar-refractivity contribution in [2.45, 2.75) is 14.0 Å². The van der Waals surface area contributed by atoms with Crippen LogP contribution >= 0.6 is 58.0 Å². The van der Waals surface area contributed by atoms with Gasteiger partial charge in [0, 0.05) is 75.4 Å². The lowest BCUT2D eigenvalue weighted by Crippen LogP contribution is -2.21. The number of non-ortho nitro benzene ring substituents is 2. The molecule has 4 aromatic carbocycles. The second-order valence-corrected chi connectivity index (χ2v) is 13.8. The molecule has 0 unspecified atom stereocenters. The van der Waals surface area contributed by atoms with Crippen LogP contribution in [0.15, 0.2) is 72.8 Å². The zero-order valence-electron chi connectivity index (χ0n) is 31.8. The molecular weight excluding hydrogens is 846 g/mol. The second-order valence-electron chi connectivity index (χ2n) is 11.8. The van der Waals surface area contributed by atoms with Crippen molar-refractivity contribution in [1.29, 1.82) is 0 Å². The number of nitrogen functional groups attached to an aromatic ring is 2. The van der Waals surface area contributed by atoms with E-state index in [1.165, 1.54) is 34.1 Å². The summed E-state index contributed by atoms with van der Waals surface area (Å²) in [6.07, 6.45) is 0. The fraction of sp³-hybridized carbons (Fsp3) is 0.270. The normalized spacial score (nSPS) is 9.58. The average molecular weight is 893 g/mol. The molecule has 15 nitrogen and oxygen atoms in total. The molecule has 4 rings (SSSR count). The summed E-state index contributed by atoms with van der Waals surface area (Å²) in [5.41, 5.74) is 13.9. The summed E-state index contributed by atoms with van der Waals surface area (Å²) in [6, 6.07) is 17.7. The van der Waals surface area contributed by atoms with Crippen molar-refractivity contribution in [1.82, 2.24) is 20.0 Å². The summed E-state index contributed by atoms with van der Waals surface area (Å²) in [7, 11) is 14.3. The minimum absolute atomic E-state index is 0. The molecule has 2 amide bonds. The lowest BCUT2D eigenvalue weighted by Gasteiger charge is -2.11. The van der Waals surface area contributed by atoms with Gasteiger partial charge in [-0.05, 0) is 87.8 Å². The molecule has 0 aliphatic rings. The molecule has 312 valence electrons. The Bertz CT molecular complexity index is 1980. The third-order valence-electron chi connectivity index (χ3n) is 6.37. The number of hydrogen-bond acceptors (Lipinski definition) is 11. The number of hydrogen-bond donors (Lipinski definition) is 3. The Labute approximate surface area is 357 Å². The van der Waals surface area contributed by atoms with E-state index in [0.29, 0.717) is 22.0 Å². The molecule has 0 saturated carbocycles. The molecule has 57 heavy (non-hydrogen) atoms. The first-order valence-corrected chi connectivity index (χ1v) is 17.7. The number of nitrogens with zero attached hydrogens (tertiary/aromatic N) is 5. The Morgan fingerprint density at radius 1 is 0.614 bits per heavy atom. The van der Waals surface area contributed by atoms with Gasteiger partial charge in [-0.15, -0.1) is 0 Å². The van der Waals surface area contributed by atoms with E-state index in [9.17, 15) is 34.6 Å². The molecule has 0 spiro atoms. The fourth-order valence-electron chi connectivity index (χ4n) is 3.79. The fourth-order valence-corrected chi connectivity index (χ4v) is 5.04. The number of amides is 2. The summed E-state index contributed by atoms with van der Waals surface area (Å²) in [5.74, 6) is -0.403. The number of anilines is 2. The summed E-state index contributed by atoms with van der Waals surface area (Å²) >= 11 is 28.3. The van der Waals surface area contributed by atoms with Crippen LogP contribution in [0, 0.1) is 20.2 Å². The number of nitrogens with two attached hydrogens (primary N) is 2. The number of nitro groups is 2. The van der Waals surface area contributed by atoms with Crippen molar-refractivity contribution in [3.63, 3.8) is 0 Å². The molecule has 5 N–H and O–H groups in total. The van der Waals surface area contributed by atoms with Gasteiger partial charge in [0.25, 0.3) is 28.4 Å². The largest absolute Gasteiger partial charge is 0.399 e. The van der Waals surface area contributed by atoms with Crippen LogP contribution in [0.25, 0.3) is 0 Å². The van der Waals surface area contributed by atoms with Crippen molar-refractivity contribution in [3.05, 3.63) is 135 Å². The standard InChI is InChI=1S/C9H9ClN2O3.C9H11ClN2O.C9H13ClN2.C7H3Cl2NO3.C2H7N.CH4/c1-11(2)9(13)7-4-3-6(12(14)15)5-8(7)10;1-12(2)9(13)7-4-3-6(11)5-8(7)10;1-12(2)6-7-3-4-8(11)5-9(7)10;8-6-3-4(10(12)13)1-2-5(6)7(9)11;1-3-2;/h3-5H,1-2H3;3-5H,11H2,1-2H3;3-5H,6,11H2,1-2H3;1-3H;3H,1-2H3;1H4. The molecule has 0 radical (unpaired) electrons. The lowest BCUT2D eigenvalue weighted by molar-refractivity contribution is -0.385. The molecule has 0 aliphatic carbocycles. The van der Waals surface area contributed by atoms with Crippen molar-refractivity contribution in [3.8, 4) is 0 Å². The van der Waals surface area contributed by atoms with Gasteiger partial charge in [0.1, 0.15) is 0 Å². The SMILES string of the molecule is C.CN(C)C(=O)c1ccc(N)cc1Cl.CN(C)C(=O)c1ccc([N+](=O)[O-])cc1Cl.CN(C)Cc1ccc(N)cc1Cl.CNC.O=C(Cl)c1ccc([N+](=O)[O-])cc1Cl. The average Bonchev–Trinajstić information content (AvgIpc) is 3.09. The van der Waals surface area contributed by atoms with Crippen molar-refractivity contribution in [2.24, 2.45) is 0 Å². The molecule has 0 bridgehead atoms. The lowest BCUT2D eigenvalue weighted by atomic mass is 10.2. The monoisotopic (exact) mass is 890 g/mol. The van der Waals surface area contributed by atoms with E-state index >= 15 is 0 Å². The topological polar surface area (TPSA) is 211 Å². The van der Waals surface area contributed by atoms with Crippen LogP contribution in [0.4, 0.5) is 22.7 Å². The van der Waals surface area contributed by atoms with Crippen molar-refractivity contribution in [2.75, 3.05) is 67.8 Å². The highest BCUT2D eigenvalue weighted by Gasteiger charge is 2.16. The van der Waals surface area contributed by atoms with Crippen LogP contribution in [-0.2, 0) is 6.54 Å². The Morgan fingerprint density at radius 3 is 1.25 bits per heavy atom. The zero-order valence-corrected chi connectivity index (χ0v) is 35.6. The number of benzene rings is 4. The predicted molar refractivity (Wildman–Crippen MR) is 233 cm³/mol. The number of nitrogens with one attached hydrogen (secondary N) is 1. The van der Waals surface area contributed by atoms with E-state index in [2.05, 4.69) is 10.2 Å². The van der Waals surface area contributed by atoms with Gasteiger partial charge >= 0.3 is 0 Å². The van der Waals surface area contributed by atoms with Gasteiger partial charge in [-0.3, -0.25) is 34.6 Å². The predicted octanol–water partition coefficient (Wildman–Crippen LogP) is 8.66. The highest BCUT2D eigenvalue weighted by atomic mass is 35.5. The van der Waals surface area contributed by atoms with E-state index in [4.69, 9.17) is 69.5 Å². The van der Waals surface area contributed by atoms with Crippen LogP contribution in [-0.4, -0.2) is 98.0 Å². The van der Waals surface area contributed by atoms with E-state index in [1.807, 2.05) is 40.3 Å². The van der Waals surface area contributed by atoms with Crippen LogP contribution in [0.5, 0.6) is 0 Å². The van der Waals surface area contributed by atoms with Gasteiger partial charge in [0.2, 0.25) is 0 Å². The van der Waals surface area contributed by atoms with Gasteiger partial charge in [-0.2, -0.15) is 0 Å². The Morgan fingerprint density at radius 2 is 0.947 bits per heavy atom. The van der Waals surface area contributed by atoms with E-state index in [-0.39, 0.29) is 51.8 Å². The maximum atomic E-state index is 11.5. The molecule has 20 heteroatoms. The Kier molecular flexibility index (Phi) is 25.7. The Balaban J connectivity index is 0. The summed E-state index contributed by atoms with van der Waals surface area (Å²) in [6.45, 7) is 0.846.